The molecule has 7 atom stereocenters. The molecule has 0 aliphatic heterocycles. The molecule has 0 aromatic carbocycles. The molecule has 1 heteroatoms. The number of rotatable bonds is 5. The van der Waals surface area contributed by atoms with Crippen molar-refractivity contribution in [3.63, 3.8) is 0 Å². The lowest BCUT2D eigenvalue weighted by Crippen LogP contribution is -2.48. The molecule has 3 saturated carbocycles. The Bertz CT molecular complexity index is 426. The molecular formula is C23H40O. The van der Waals surface area contributed by atoms with E-state index in [2.05, 4.69) is 27.7 Å². The van der Waals surface area contributed by atoms with Gasteiger partial charge in [-0.2, -0.15) is 0 Å². The van der Waals surface area contributed by atoms with Crippen molar-refractivity contribution < 1.29 is 4.79 Å². The summed E-state index contributed by atoms with van der Waals surface area (Å²) in [4.78, 5) is 11.9. The maximum Gasteiger partial charge on any atom is 0.133 e. The van der Waals surface area contributed by atoms with Gasteiger partial charge in [0.25, 0.3) is 0 Å². The van der Waals surface area contributed by atoms with E-state index in [9.17, 15) is 4.79 Å². The van der Waals surface area contributed by atoms with Crippen LogP contribution in [0.4, 0.5) is 0 Å². The molecule has 3 rings (SSSR count). The van der Waals surface area contributed by atoms with Gasteiger partial charge < -0.3 is 0 Å². The number of hydrogen-bond donors (Lipinski definition) is 0. The van der Waals surface area contributed by atoms with Gasteiger partial charge in [-0.3, -0.25) is 4.79 Å². The lowest BCUT2D eigenvalue weighted by Gasteiger charge is -2.55. The number of Topliss-reactive ketones (excluding diaryl/α,β-unsaturated/α-hetero) is 1. The molecule has 0 N–H and O–H groups in total. The Hall–Kier alpha value is -0.330. The van der Waals surface area contributed by atoms with Gasteiger partial charge in [-0.25, -0.2) is 0 Å². The Morgan fingerprint density at radius 1 is 1.04 bits per heavy atom. The summed E-state index contributed by atoms with van der Waals surface area (Å²) in [5.41, 5.74) is 0. The van der Waals surface area contributed by atoms with Crippen molar-refractivity contribution in [1.82, 2.24) is 0 Å². The minimum Gasteiger partial charge on any atom is -0.300 e. The van der Waals surface area contributed by atoms with Crippen LogP contribution in [0.2, 0.25) is 0 Å². The van der Waals surface area contributed by atoms with Gasteiger partial charge in [0.15, 0.2) is 0 Å². The fraction of sp³-hybridized carbons (Fsp3) is 0.957. The molecule has 24 heavy (non-hydrogen) atoms. The van der Waals surface area contributed by atoms with Crippen molar-refractivity contribution in [2.24, 2.45) is 47.3 Å². The van der Waals surface area contributed by atoms with Crippen LogP contribution in [0.25, 0.3) is 0 Å². The molecule has 1 nitrogen and oxygen atoms in total. The number of carbonyl (C=O) groups is 1. The lowest BCUT2D eigenvalue weighted by molar-refractivity contribution is -0.127. The molecular weight excluding hydrogens is 292 g/mol. The standard InChI is InChI=1S/C23H40O/c1-5-19-20(8-6-7-15(2)3)16(4)13-23-21-12-10-18(24)14-17(21)9-11-22(19)23/h15-17,19-23H,5-14H2,1-4H3. The summed E-state index contributed by atoms with van der Waals surface area (Å²) >= 11 is 0. The molecule has 138 valence electrons. The molecule has 3 aliphatic rings. The van der Waals surface area contributed by atoms with Crippen LogP contribution >= 0.6 is 0 Å². The molecule has 0 spiro atoms. The van der Waals surface area contributed by atoms with Gasteiger partial charge in [0, 0.05) is 12.8 Å². The highest BCUT2D eigenvalue weighted by molar-refractivity contribution is 5.79. The summed E-state index contributed by atoms with van der Waals surface area (Å²) in [5, 5.41) is 0. The van der Waals surface area contributed by atoms with Gasteiger partial charge in [-0.15, -0.1) is 0 Å². The van der Waals surface area contributed by atoms with E-state index in [1.165, 1.54) is 51.4 Å². The molecule has 0 saturated heterocycles. The second kappa shape index (κ2) is 7.92. The van der Waals surface area contributed by atoms with Gasteiger partial charge in [0.1, 0.15) is 5.78 Å². The second-order valence-electron chi connectivity index (χ2n) is 9.88. The summed E-state index contributed by atoms with van der Waals surface area (Å²) in [6, 6.07) is 0. The zero-order chi connectivity index (χ0) is 17.3. The fourth-order valence-corrected chi connectivity index (χ4v) is 7.02. The molecule has 3 fully saturated rings. The van der Waals surface area contributed by atoms with Crippen molar-refractivity contribution in [1.29, 1.82) is 0 Å². The van der Waals surface area contributed by atoms with Crippen LogP contribution in [-0.4, -0.2) is 5.78 Å². The second-order valence-corrected chi connectivity index (χ2v) is 9.88. The van der Waals surface area contributed by atoms with E-state index in [4.69, 9.17) is 0 Å². The van der Waals surface area contributed by atoms with Crippen LogP contribution in [0, 0.1) is 47.3 Å². The number of carbonyl (C=O) groups excluding carboxylic acids is 1. The summed E-state index contributed by atoms with van der Waals surface area (Å²) in [5.74, 6) is 7.79. The van der Waals surface area contributed by atoms with Crippen molar-refractivity contribution in [3.8, 4) is 0 Å². The minimum atomic E-state index is 0.553. The first-order chi connectivity index (χ1) is 11.5. The molecule has 3 aliphatic carbocycles. The highest BCUT2D eigenvalue weighted by atomic mass is 16.1. The van der Waals surface area contributed by atoms with Crippen molar-refractivity contribution in [2.75, 3.05) is 0 Å². The van der Waals surface area contributed by atoms with Crippen molar-refractivity contribution >= 4 is 5.78 Å². The van der Waals surface area contributed by atoms with Gasteiger partial charge in [-0.1, -0.05) is 47.0 Å². The third-order valence-corrected chi connectivity index (χ3v) is 8.09. The smallest absolute Gasteiger partial charge is 0.133 e. The van der Waals surface area contributed by atoms with Crippen molar-refractivity contribution in [2.45, 2.75) is 91.9 Å². The van der Waals surface area contributed by atoms with Crippen LogP contribution in [0.3, 0.4) is 0 Å². The minimum absolute atomic E-state index is 0.553. The first-order valence-electron chi connectivity index (χ1n) is 11.0. The summed E-state index contributed by atoms with van der Waals surface area (Å²) in [6.07, 6.45) is 12.9. The first-order valence-corrected chi connectivity index (χ1v) is 11.0. The maximum atomic E-state index is 11.9. The summed E-state index contributed by atoms with van der Waals surface area (Å²) in [7, 11) is 0. The Morgan fingerprint density at radius 3 is 2.54 bits per heavy atom. The van der Waals surface area contributed by atoms with E-state index < -0.39 is 0 Å². The summed E-state index contributed by atoms with van der Waals surface area (Å²) < 4.78 is 0. The van der Waals surface area contributed by atoms with Gasteiger partial charge in [0.05, 0.1) is 0 Å². The van der Waals surface area contributed by atoms with Gasteiger partial charge in [-0.05, 0) is 79.4 Å². The van der Waals surface area contributed by atoms with Crippen molar-refractivity contribution in [3.05, 3.63) is 0 Å². The first kappa shape index (κ1) is 18.5. The van der Waals surface area contributed by atoms with Crippen LogP contribution in [0.1, 0.15) is 91.9 Å². The van der Waals surface area contributed by atoms with Crippen LogP contribution < -0.4 is 0 Å². The molecule has 0 aromatic heterocycles. The average molecular weight is 333 g/mol. The molecule has 0 radical (unpaired) electrons. The topological polar surface area (TPSA) is 17.1 Å². The van der Waals surface area contributed by atoms with E-state index in [1.807, 2.05) is 0 Å². The third kappa shape index (κ3) is 3.75. The summed E-state index contributed by atoms with van der Waals surface area (Å²) in [6.45, 7) is 9.73. The van der Waals surface area contributed by atoms with E-state index >= 15 is 0 Å². The quantitative estimate of drug-likeness (QED) is 0.561. The number of hydrogen-bond acceptors (Lipinski definition) is 1. The van der Waals surface area contributed by atoms with E-state index in [0.29, 0.717) is 5.78 Å². The SMILES string of the molecule is CCC1C(CCCC(C)C)C(C)CC2C3CCC(=O)CC3CCC12. The number of ketones is 1. The van der Waals surface area contributed by atoms with Crippen LogP contribution in [0.5, 0.6) is 0 Å². The Labute approximate surface area is 150 Å². The Balaban J connectivity index is 1.68. The predicted molar refractivity (Wildman–Crippen MR) is 102 cm³/mol. The van der Waals surface area contributed by atoms with Gasteiger partial charge >= 0.3 is 0 Å². The normalized spacial score (nSPS) is 42.7. The molecule has 0 aromatic rings. The highest BCUT2D eigenvalue weighted by Crippen LogP contribution is 2.56. The average Bonchev–Trinajstić information content (AvgIpc) is 2.54. The Morgan fingerprint density at radius 2 is 1.83 bits per heavy atom. The van der Waals surface area contributed by atoms with E-state index in [1.54, 1.807) is 0 Å². The predicted octanol–water partition coefficient (Wildman–Crippen LogP) is 6.51. The van der Waals surface area contributed by atoms with Crippen LogP contribution in [0.15, 0.2) is 0 Å². The van der Waals surface area contributed by atoms with Crippen LogP contribution in [-0.2, 0) is 4.79 Å². The number of fused-ring (bicyclic) bond motifs is 3. The molecule has 0 amide bonds. The highest BCUT2D eigenvalue weighted by Gasteiger charge is 2.49. The van der Waals surface area contributed by atoms with E-state index in [-0.39, 0.29) is 0 Å². The fourth-order valence-electron chi connectivity index (χ4n) is 7.02. The maximum absolute atomic E-state index is 11.9. The largest absolute Gasteiger partial charge is 0.300 e. The molecule has 7 unspecified atom stereocenters. The molecule has 0 heterocycles. The van der Waals surface area contributed by atoms with Gasteiger partial charge in [0.2, 0.25) is 0 Å². The Kier molecular flexibility index (Phi) is 6.09. The monoisotopic (exact) mass is 332 g/mol. The zero-order valence-electron chi connectivity index (χ0n) is 16.6. The lowest BCUT2D eigenvalue weighted by atomic mass is 9.50. The molecule has 0 bridgehead atoms. The van der Waals surface area contributed by atoms with E-state index in [0.717, 1.165) is 60.2 Å². The zero-order valence-corrected chi connectivity index (χ0v) is 16.6. The third-order valence-electron chi connectivity index (χ3n) is 8.09.